The molecule has 5 amide bonds. The summed E-state index contributed by atoms with van der Waals surface area (Å²) in [6.07, 6.45) is -0.831. The Kier molecular flexibility index (Phi) is 16.4. The van der Waals surface area contributed by atoms with Gasteiger partial charge in [0.1, 0.15) is 18.7 Å². The van der Waals surface area contributed by atoms with Crippen LogP contribution in [0.4, 0.5) is 10.5 Å². The number of alkyl halides is 1. The average Bonchev–Trinajstić information content (AvgIpc) is 2.89. The minimum absolute atomic E-state index is 0.0127. The first-order valence-electron chi connectivity index (χ1n) is 12.4. The van der Waals surface area contributed by atoms with Crippen molar-refractivity contribution in [3.8, 4) is 0 Å². The van der Waals surface area contributed by atoms with E-state index in [4.69, 9.17) is 19.9 Å². The van der Waals surface area contributed by atoms with Crippen LogP contribution in [-0.4, -0.2) is 80.1 Å². The Bertz CT molecular complexity index is 945. The van der Waals surface area contributed by atoms with Gasteiger partial charge in [-0.15, -0.1) is 0 Å². The maximum absolute atomic E-state index is 12.8. The molecule has 0 spiro atoms. The number of halogens is 1. The number of nitrogens with two attached hydrogens (primary N) is 1. The molecule has 2 atom stereocenters. The highest BCUT2D eigenvalue weighted by Crippen LogP contribution is 2.11. The van der Waals surface area contributed by atoms with Gasteiger partial charge in [0.05, 0.1) is 31.8 Å². The molecule has 0 radical (unpaired) electrons. The lowest BCUT2D eigenvalue weighted by Crippen LogP contribution is -2.53. The molecule has 14 heteroatoms. The van der Waals surface area contributed by atoms with E-state index >= 15 is 0 Å². The van der Waals surface area contributed by atoms with E-state index in [1.54, 1.807) is 38.1 Å². The maximum Gasteiger partial charge on any atom is 0.404 e. The van der Waals surface area contributed by atoms with E-state index in [1.807, 2.05) is 0 Å². The van der Waals surface area contributed by atoms with Crippen molar-refractivity contribution >= 4 is 51.3 Å². The number of anilines is 1. The van der Waals surface area contributed by atoms with Crippen molar-refractivity contribution in [2.45, 2.75) is 45.9 Å². The lowest BCUT2D eigenvalue weighted by atomic mass is 10.0. The van der Waals surface area contributed by atoms with Crippen molar-refractivity contribution in [1.82, 2.24) is 16.0 Å². The molecule has 0 aliphatic heterocycles. The van der Waals surface area contributed by atoms with Crippen molar-refractivity contribution in [1.29, 1.82) is 0 Å². The second kappa shape index (κ2) is 18.9. The van der Waals surface area contributed by atoms with Gasteiger partial charge in [0.2, 0.25) is 23.6 Å². The van der Waals surface area contributed by atoms with Crippen LogP contribution < -0.4 is 27.0 Å². The number of nitrogens with one attached hydrogen (secondary N) is 4. The summed E-state index contributed by atoms with van der Waals surface area (Å²) in [4.78, 5) is 59.4. The predicted octanol–water partition coefficient (Wildman–Crippen LogP) is 0.800. The standard InChI is InChI=1S/C25H38BrN5O8/c1-16(2)22(31-20(32)8-10-37-12-13-38-11-9-28-21(33)14-26)24(35)29-17(3)23(34)30-19-6-4-18(5-7-19)15-39-25(27)36/h4-7,16-17,22H,8-15H2,1-3H3,(H2,27,36)(H,28,33)(H,29,35)(H,30,34)(H,31,32)/t17-,22-/m0/s1. The maximum atomic E-state index is 12.8. The van der Waals surface area contributed by atoms with Gasteiger partial charge in [0.25, 0.3) is 0 Å². The summed E-state index contributed by atoms with van der Waals surface area (Å²) in [5.41, 5.74) is 6.12. The molecule has 1 aromatic carbocycles. The fourth-order valence-electron chi connectivity index (χ4n) is 3.04. The van der Waals surface area contributed by atoms with E-state index in [2.05, 4.69) is 37.2 Å². The van der Waals surface area contributed by atoms with Crippen molar-refractivity contribution in [2.24, 2.45) is 11.7 Å². The third-order valence-corrected chi connectivity index (χ3v) is 5.66. The highest BCUT2D eigenvalue weighted by molar-refractivity contribution is 9.09. The number of carbonyl (C=O) groups is 5. The second-order valence-corrected chi connectivity index (χ2v) is 9.33. The molecule has 0 unspecified atom stereocenters. The highest BCUT2D eigenvalue weighted by atomic mass is 79.9. The predicted molar refractivity (Wildman–Crippen MR) is 147 cm³/mol. The molecule has 0 saturated heterocycles. The Labute approximate surface area is 236 Å². The van der Waals surface area contributed by atoms with Crippen LogP contribution in [0.3, 0.4) is 0 Å². The second-order valence-electron chi connectivity index (χ2n) is 8.77. The summed E-state index contributed by atoms with van der Waals surface area (Å²) in [6, 6.07) is 4.87. The van der Waals surface area contributed by atoms with Gasteiger partial charge in [-0.3, -0.25) is 19.2 Å². The van der Waals surface area contributed by atoms with Gasteiger partial charge < -0.3 is 41.2 Å². The average molecular weight is 617 g/mol. The van der Waals surface area contributed by atoms with Crippen LogP contribution in [0, 0.1) is 5.92 Å². The SMILES string of the molecule is CC(C)[C@H](NC(=O)CCOCCOCCNC(=O)CBr)C(=O)N[C@@H](C)C(=O)Nc1ccc(COC(N)=O)cc1. The van der Waals surface area contributed by atoms with Crippen LogP contribution in [0.1, 0.15) is 32.8 Å². The summed E-state index contributed by atoms with van der Waals surface area (Å²) in [7, 11) is 0. The van der Waals surface area contributed by atoms with Crippen LogP contribution in [0.5, 0.6) is 0 Å². The molecule has 0 aliphatic carbocycles. The molecule has 0 saturated carbocycles. The summed E-state index contributed by atoms with van der Waals surface area (Å²) in [6.45, 7) is 6.61. The van der Waals surface area contributed by atoms with Gasteiger partial charge in [-0.2, -0.15) is 0 Å². The summed E-state index contributed by atoms with van der Waals surface area (Å²) in [5, 5.41) is 10.9. The van der Waals surface area contributed by atoms with Crippen LogP contribution in [0.15, 0.2) is 24.3 Å². The zero-order valence-electron chi connectivity index (χ0n) is 22.4. The molecule has 13 nitrogen and oxygen atoms in total. The van der Waals surface area contributed by atoms with E-state index in [1.165, 1.54) is 6.92 Å². The number of hydrogen-bond donors (Lipinski definition) is 5. The monoisotopic (exact) mass is 615 g/mol. The van der Waals surface area contributed by atoms with E-state index < -0.39 is 30.0 Å². The topological polar surface area (TPSA) is 187 Å². The fraction of sp³-hybridized carbons (Fsp3) is 0.560. The molecule has 218 valence electrons. The highest BCUT2D eigenvalue weighted by Gasteiger charge is 2.27. The Hall–Kier alpha value is -3.23. The molecular formula is C25H38BrN5O8. The first-order valence-corrected chi connectivity index (χ1v) is 13.6. The van der Waals surface area contributed by atoms with Gasteiger partial charge in [-0.1, -0.05) is 41.9 Å². The molecule has 1 rings (SSSR count). The first kappa shape index (κ1) is 33.8. The van der Waals surface area contributed by atoms with E-state index in [0.29, 0.717) is 31.0 Å². The Balaban J connectivity index is 2.37. The van der Waals surface area contributed by atoms with E-state index in [0.717, 1.165) is 0 Å². The molecule has 6 N–H and O–H groups in total. The van der Waals surface area contributed by atoms with Gasteiger partial charge in [0.15, 0.2) is 0 Å². The molecule has 0 bridgehead atoms. The largest absolute Gasteiger partial charge is 0.445 e. The van der Waals surface area contributed by atoms with Gasteiger partial charge in [-0.05, 0) is 30.5 Å². The lowest BCUT2D eigenvalue weighted by Gasteiger charge is -2.24. The van der Waals surface area contributed by atoms with E-state index in [-0.39, 0.29) is 49.3 Å². The minimum Gasteiger partial charge on any atom is -0.445 e. The minimum atomic E-state index is -0.881. The molecule has 0 fully saturated rings. The third-order valence-electron chi connectivity index (χ3n) is 5.16. The third kappa shape index (κ3) is 15.1. The van der Waals surface area contributed by atoms with Crippen LogP contribution >= 0.6 is 15.9 Å². The molecule has 39 heavy (non-hydrogen) atoms. The number of amides is 5. The molecule has 0 heterocycles. The van der Waals surface area contributed by atoms with Crippen molar-refractivity contribution in [3.05, 3.63) is 29.8 Å². The normalized spacial score (nSPS) is 12.2. The number of hydrogen-bond acceptors (Lipinski definition) is 8. The number of benzene rings is 1. The summed E-state index contributed by atoms with van der Waals surface area (Å²) >= 11 is 3.05. The number of rotatable bonds is 18. The molecule has 1 aromatic rings. The lowest BCUT2D eigenvalue weighted by molar-refractivity contribution is -0.132. The molecule has 0 aliphatic rings. The zero-order chi connectivity index (χ0) is 29.2. The smallest absolute Gasteiger partial charge is 0.404 e. The van der Waals surface area contributed by atoms with Crippen LogP contribution in [-0.2, 0) is 40.0 Å². The Morgan fingerprint density at radius 1 is 0.872 bits per heavy atom. The van der Waals surface area contributed by atoms with Crippen molar-refractivity contribution in [2.75, 3.05) is 43.6 Å². The van der Waals surface area contributed by atoms with E-state index in [9.17, 15) is 24.0 Å². The molecular weight excluding hydrogens is 578 g/mol. The van der Waals surface area contributed by atoms with Gasteiger partial charge >= 0.3 is 6.09 Å². The number of primary amides is 1. The Morgan fingerprint density at radius 3 is 2.10 bits per heavy atom. The summed E-state index contributed by atoms with van der Waals surface area (Å²) < 4.78 is 15.4. The van der Waals surface area contributed by atoms with Gasteiger partial charge in [0, 0.05) is 18.7 Å². The number of carbonyl (C=O) groups excluding carboxylic acids is 5. The van der Waals surface area contributed by atoms with Crippen LogP contribution in [0.25, 0.3) is 0 Å². The van der Waals surface area contributed by atoms with Crippen molar-refractivity contribution < 1.29 is 38.2 Å². The quantitative estimate of drug-likeness (QED) is 0.118. The van der Waals surface area contributed by atoms with Crippen LogP contribution in [0.2, 0.25) is 0 Å². The van der Waals surface area contributed by atoms with Gasteiger partial charge in [-0.25, -0.2) is 4.79 Å². The first-order chi connectivity index (χ1) is 18.5. The Morgan fingerprint density at radius 2 is 1.51 bits per heavy atom. The van der Waals surface area contributed by atoms with Crippen molar-refractivity contribution in [3.63, 3.8) is 0 Å². The zero-order valence-corrected chi connectivity index (χ0v) is 24.0. The molecule has 0 aromatic heterocycles. The fourth-order valence-corrected chi connectivity index (χ4v) is 3.23. The summed E-state index contributed by atoms with van der Waals surface area (Å²) in [5.74, 6) is -1.64. The number of ether oxygens (including phenoxy) is 3.